The predicted molar refractivity (Wildman–Crippen MR) is 162 cm³/mol. The molecular formula is C30H39Cl2N7O2. The van der Waals surface area contributed by atoms with Crippen LogP contribution in [0.4, 0.5) is 0 Å². The Kier molecular flexibility index (Phi) is 9.78. The predicted octanol–water partition coefficient (Wildman–Crippen LogP) is 7.15. The summed E-state index contributed by atoms with van der Waals surface area (Å²) in [7, 11) is 3.55. The quantitative estimate of drug-likeness (QED) is 0.197. The number of fused-ring (bicyclic) bond motifs is 2. The molecule has 4 aromatic heterocycles. The molecule has 0 atom stereocenters. The average Bonchev–Trinajstić information content (AvgIpc) is 3.22. The van der Waals surface area contributed by atoms with Crippen molar-refractivity contribution >= 4 is 51.2 Å². The number of aliphatic hydroxyl groups is 1. The molecule has 0 aromatic carbocycles. The van der Waals surface area contributed by atoms with E-state index >= 15 is 0 Å². The lowest BCUT2D eigenvalue weighted by Gasteiger charge is -2.21. The highest BCUT2D eigenvalue weighted by atomic mass is 35.5. The van der Waals surface area contributed by atoms with Gasteiger partial charge in [-0.1, -0.05) is 51.4 Å². The van der Waals surface area contributed by atoms with Crippen LogP contribution in [0.5, 0.6) is 0 Å². The second-order valence-electron chi connectivity index (χ2n) is 11.4. The molecule has 2 aliphatic rings. The topological polar surface area (TPSA) is 102 Å². The molecule has 2 aliphatic carbocycles. The number of nitrogens with zero attached hydrogens (tertiary/aromatic N) is 7. The van der Waals surface area contributed by atoms with E-state index in [0.717, 1.165) is 53.4 Å². The molecule has 0 unspecified atom stereocenters. The van der Waals surface area contributed by atoms with Crippen LogP contribution in [0, 0.1) is 0 Å². The monoisotopic (exact) mass is 599 g/mol. The third-order valence-corrected chi connectivity index (χ3v) is 8.70. The third kappa shape index (κ3) is 6.68. The van der Waals surface area contributed by atoms with E-state index in [2.05, 4.69) is 29.1 Å². The first-order valence-corrected chi connectivity index (χ1v) is 15.5. The van der Waals surface area contributed by atoms with Gasteiger partial charge in [0.1, 0.15) is 17.0 Å². The fourth-order valence-corrected chi connectivity index (χ4v) is 6.61. The zero-order valence-electron chi connectivity index (χ0n) is 23.9. The number of hydrogen-bond acceptors (Lipinski definition) is 6. The van der Waals surface area contributed by atoms with Crippen molar-refractivity contribution in [2.75, 3.05) is 14.1 Å². The van der Waals surface area contributed by atoms with E-state index in [0.29, 0.717) is 17.8 Å². The van der Waals surface area contributed by atoms with E-state index in [1.165, 1.54) is 51.4 Å². The van der Waals surface area contributed by atoms with Gasteiger partial charge >= 0.3 is 0 Å². The molecule has 0 aliphatic heterocycles. The highest BCUT2D eigenvalue weighted by Crippen LogP contribution is 2.34. The summed E-state index contributed by atoms with van der Waals surface area (Å²) >= 11 is 11.9. The molecule has 11 heteroatoms. The SMILES string of the molecule is CN(C)C(=O)c1cc2cnc(Cl)nc2n1C1CCCCCC1.OCc1cc2cnc(Cl)nc2n1C1CCCCCC1. The van der Waals surface area contributed by atoms with E-state index in [1.54, 1.807) is 31.4 Å². The molecule has 9 nitrogen and oxygen atoms in total. The van der Waals surface area contributed by atoms with E-state index in [4.69, 9.17) is 23.2 Å². The van der Waals surface area contributed by atoms with Gasteiger partial charge in [-0.25, -0.2) is 9.97 Å². The summed E-state index contributed by atoms with van der Waals surface area (Å²) in [5, 5.41) is 11.9. The summed E-state index contributed by atoms with van der Waals surface area (Å²) in [6.07, 6.45) is 17.9. The first-order chi connectivity index (χ1) is 19.9. The normalized spacial score (nSPS) is 17.2. The molecule has 2 saturated carbocycles. The number of amides is 1. The van der Waals surface area contributed by atoms with Gasteiger partial charge in [-0.15, -0.1) is 0 Å². The van der Waals surface area contributed by atoms with Gasteiger partial charge in [0.15, 0.2) is 0 Å². The number of rotatable bonds is 4. The van der Waals surface area contributed by atoms with Crippen molar-refractivity contribution in [2.45, 2.75) is 95.7 Å². The van der Waals surface area contributed by atoms with Crippen molar-refractivity contribution in [2.24, 2.45) is 0 Å². The van der Waals surface area contributed by atoms with E-state index in [-0.39, 0.29) is 23.1 Å². The molecule has 0 radical (unpaired) electrons. The zero-order valence-corrected chi connectivity index (χ0v) is 25.4. The maximum atomic E-state index is 12.6. The van der Waals surface area contributed by atoms with Gasteiger partial charge in [-0.3, -0.25) is 4.79 Å². The fourth-order valence-electron chi connectivity index (χ4n) is 6.35. The van der Waals surface area contributed by atoms with Crippen molar-refractivity contribution in [1.29, 1.82) is 0 Å². The van der Waals surface area contributed by atoms with Gasteiger partial charge in [0.2, 0.25) is 10.6 Å². The van der Waals surface area contributed by atoms with Gasteiger partial charge < -0.3 is 19.1 Å². The minimum atomic E-state index is -0.00151. The number of aliphatic hydroxyl groups excluding tert-OH is 1. The van der Waals surface area contributed by atoms with Crippen LogP contribution in [0.1, 0.15) is 105 Å². The van der Waals surface area contributed by atoms with Crippen molar-refractivity contribution < 1.29 is 9.90 Å². The standard InChI is InChI=1S/C16H21ClN4O.C14H18ClN3O/c1-20(2)15(22)13-9-11-10-18-16(17)19-14(11)21(13)12-7-5-3-4-6-8-12;15-14-16-8-10-7-12(9-19)18(13(10)17-14)11-5-3-1-2-4-6-11/h9-10,12H,3-8H2,1-2H3;7-8,11,19H,1-6,9H2. The Morgan fingerprint density at radius 3 is 1.76 bits per heavy atom. The van der Waals surface area contributed by atoms with Gasteiger partial charge in [-0.05, 0) is 61.0 Å². The van der Waals surface area contributed by atoms with Gasteiger partial charge in [0, 0.05) is 55.0 Å². The maximum absolute atomic E-state index is 12.6. The summed E-state index contributed by atoms with van der Waals surface area (Å²) < 4.78 is 4.27. The molecule has 0 bridgehead atoms. The molecular weight excluding hydrogens is 561 g/mol. The Morgan fingerprint density at radius 2 is 1.27 bits per heavy atom. The molecule has 220 valence electrons. The summed E-state index contributed by atoms with van der Waals surface area (Å²) in [5.74, 6) is -0.00151. The van der Waals surface area contributed by atoms with Crippen LogP contribution in [0.2, 0.25) is 10.6 Å². The van der Waals surface area contributed by atoms with Crippen LogP contribution in [0.25, 0.3) is 22.1 Å². The molecule has 1 amide bonds. The first-order valence-electron chi connectivity index (χ1n) is 14.8. The molecule has 41 heavy (non-hydrogen) atoms. The summed E-state index contributed by atoms with van der Waals surface area (Å²) in [6.45, 7) is 0.0322. The van der Waals surface area contributed by atoms with Crippen LogP contribution >= 0.6 is 23.2 Å². The fraction of sp³-hybridized carbons (Fsp3) is 0.567. The summed E-state index contributed by atoms with van der Waals surface area (Å²) in [6, 6.07) is 4.59. The maximum Gasteiger partial charge on any atom is 0.270 e. The molecule has 4 aromatic rings. The lowest BCUT2D eigenvalue weighted by molar-refractivity contribution is 0.0814. The van der Waals surface area contributed by atoms with Crippen LogP contribution in [-0.4, -0.2) is 59.1 Å². The van der Waals surface area contributed by atoms with Crippen LogP contribution in [0.15, 0.2) is 24.5 Å². The van der Waals surface area contributed by atoms with Crippen molar-refractivity contribution in [3.63, 3.8) is 0 Å². The molecule has 0 saturated heterocycles. The summed E-state index contributed by atoms with van der Waals surface area (Å²) in [5.41, 5.74) is 3.23. The molecule has 0 spiro atoms. The zero-order chi connectivity index (χ0) is 28.9. The lowest BCUT2D eigenvalue weighted by atomic mass is 10.1. The van der Waals surface area contributed by atoms with Crippen molar-refractivity contribution in [3.05, 3.63) is 46.5 Å². The average molecular weight is 601 g/mol. The highest BCUT2D eigenvalue weighted by molar-refractivity contribution is 6.28. The first kappa shape index (κ1) is 29.7. The summed E-state index contributed by atoms with van der Waals surface area (Å²) in [4.78, 5) is 31.0. The Morgan fingerprint density at radius 1 is 0.805 bits per heavy atom. The smallest absolute Gasteiger partial charge is 0.270 e. The van der Waals surface area contributed by atoms with Gasteiger partial charge in [0.05, 0.1) is 6.61 Å². The number of halogens is 2. The largest absolute Gasteiger partial charge is 0.390 e. The minimum absolute atomic E-state index is 0.00151. The number of carbonyl (C=O) groups excluding carboxylic acids is 1. The van der Waals surface area contributed by atoms with Crippen LogP contribution < -0.4 is 0 Å². The number of carbonyl (C=O) groups is 1. The van der Waals surface area contributed by atoms with Gasteiger partial charge in [0.25, 0.3) is 5.91 Å². The van der Waals surface area contributed by atoms with Crippen molar-refractivity contribution in [1.82, 2.24) is 34.0 Å². The third-order valence-electron chi connectivity index (χ3n) is 8.34. The van der Waals surface area contributed by atoms with E-state index < -0.39 is 0 Å². The molecule has 6 rings (SSSR count). The highest BCUT2D eigenvalue weighted by Gasteiger charge is 2.25. The molecule has 4 heterocycles. The Hall–Kier alpha value is -2.75. The minimum Gasteiger partial charge on any atom is -0.390 e. The molecule has 1 N–H and O–H groups in total. The Bertz CT molecular complexity index is 1480. The molecule has 2 fully saturated rings. The van der Waals surface area contributed by atoms with Crippen molar-refractivity contribution in [3.8, 4) is 0 Å². The van der Waals surface area contributed by atoms with Gasteiger partial charge in [-0.2, -0.15) is 9.97 Å². The Labute approximate surface area is 250 Å². The second-order valence-corrected chi connectivity index (χ2v) is 12.1. The van der Waals surface area contributed by atoms with Crippen LogP contribution in [0.3, 0.4) is 0 Å². The second kappa shape index (κ2) is 13.5. The van der Waals surface area contributed by atoms with E-state index in [1.807, 2.05) is 12.1 Å². The van der Waals surface area contributed by atoms with Crippen LogP contribution in [-0.2, 0) is 6.61 Å². The van der Waals surface area contributed by atoms with E-state index in [9.17, 15) is 9.90 Å². The Balaban J connectivity index is 0.000000166. The number of aromatic nitrogens is 6. The number of hydrogen-bond donors (Lipinski definition) is 1. The lowest BCUT2D eigenvalue weighted by Crippen LogP contribution is -2.26.